The summed E-state index contributed by atoms with van der Waals surface area (Å²) in [5.74, 6) is 0. The molecule has 1 N–H and O–H groups in total. The highest BCUT2D eigenvalue weighted by Crippen LogP contribution is 2.29. The Hall–Kier alpha value is -0.940. The average Bonchev–Trinajstić information content (AvgIpc) is 2.29. The van der Waals surface area contributed by atoms with Gasteiger partial charge in [-0.25, -0.2) is 0 Å². The molecular weight excluding hydrogens is 277 g/mol. The van der Waals surface area contributed by atoms with E-state index in [-0.39, 0.29) is 0 Å². The quantitative estimate of drug-likeness (QED) is 0.802. The summed E-state index contributed by atoms with van der Waals surface area (Å²) in [7, 11) is 1.42. The zero-order valence-corrected chi connectivity index (χ0v) is 11.8. The fourth-order valence-corrected chi connectivity index (χ4v) is 2.06. The van der Waals surface area contributed by atoms with Gasteiger partial charge in [-0.15, -0.1) is 0 Å². The molecule has 0 fully saturated rings. The van der Waals surface area contributed by atoms with Crippen molar-refractivity contribution in [2.45, 2.75) is 26.1 Å². The zero-order chi connectivity index (χ0) is 14.5. The van der Waals surface area contributed by atoms with Gasteiger partial charge in [-0.2, -0.15) is 13.2 Å². The van der Waals surface area contributed by atoms with Crippen LogP contribution in [0, 0.1) is 0 Å². The minimum Gasteiger partial charge on any atom is -0.365 e. The Morgan fingerprint density at radius 2 is 2.00 bits per heavy atom. The Bertz CT molecular complexity index is 407. The van der Waals surface area contributed by atoms with E-state index < -0.39 is 12.7 Å². The van der Waals surface area contributed by atoms with Crippen LogP contribution in [0.2, 0.25) is 5.02 Å². The summed E-state index contributed by atoms with van der Waals surface area (Å²) in [5, 5.41) is 3.64. The highest BCUT2D eigenvalue weighted by atomic mass is 35.5. The lowest BCUT2D eigenvalue weighted by molar-refractivity contribution is -0.119. The molecular formula is C13H18ClF3N2. The van der Waals surface area contributed by atoms with Crippen molar-refractivity contribution >= 4 is 17.3 Å². The van der Waals surface area contributed by atoms with E-state index in [1.807, 2.05) is 6.92 Å². The average molecular weight is 295 g/mol. The normalized spacial score (nSPS) is 11.7. The minimum atomic E-state index is -4.23. The summed E-state index contributed by atoms with van der Waals surface area (Å²) in [4.78, 5) is 1.18. The van der Waals surface area contributed by atoms with Gasteiger partial charge in [0, 0.05) is 29.9 Å². The third-order valence-electron chi connectivity index (χ3n) is 2.65. The lowest BCUT2D eigenvalue weighted by Gasteiger charge is -2.24. The number of nitrogens with one attached hydrogen (secondary N) is 1. The van der Waals surface area contributed by atoms with Crippen LogP contribution >= 0.6 is 11.6 Å². The van der Waals surface area contributed by atoms with E-state index in [4.69, 9.17) is 11.6 Å². The van der Waals surface area contributed by atoms with Crippen LogP contribution in [0.1, 0.15) is 18.9 Å². The number of rotatable bonds is 6. The Morgan fingerprint density at radius 1 is 1.32 bits per heavy atom. The maximum Gasteiger partial charge on any atom is 0.405 e. The number of hydrogen-bond acceptors (Lipinski definition) is 2. The first-order chi connectivity index (χ1) is 8.85. The van der Waals surface area contributed by atoms with Crippen LogP contribution in [-0.4, -0.2) is 26.3 Å². The molecule has 0 radical (unpaired) electrons. The molecule has 1 rings (SSSR count). The molecule has 0 saturated heterocycles. The topological polar surface area (TPSA) is 15.3 Å². The summed E-state index contributed by atoms with van der Waals surface area (Å²) < 4.78 is 37.3. The van der Waals surface area contributed by atoms with Crippen molar-refractivity contribution in [2.75, 3.05) is 25.0 Å². The van der Waals surface area contributed by atoms with Crippen molar-refractivity contribution < 1.29 is 13.2 Å². The lowest BCUT2D eigenvalue weighted by atomic mass is 10.1. The second-order valence-corrected chi connectivity index (χ2v) is 4.79. The minimum absolute atomic E-state index is 0.463. The van der Waals surface area contributed by atoms with E-state index >= 15 is 0 Å². The van der Waals surface area contributed by atoms with E-state index in [1.54, 1.807) is 18.2 Å². The summed E-state index contributed by atoms with van der Waals surface area (Å²) in [5.41, 5.74) is 1.21. The Balaban J connectivity index is 2.89. The van der Waals surface area contributed by atoms with Gasteiger partial charge in [0.05, 0.1) is 0 Å². The predicted molar refractivity (Wildman–Crippen MR) is 72.8 cm³/mol. The van der Waals surface area contributed by atoms with Crippen molar-refractivity contribution in [1.82, 2.24) is 5.32 Å². The van der Waals surface area contributed by atoms with Gasteiger partial charge in [0.2, 0.25) is 0 Å². The van der Waals surface area contributed by atoms with Crippen LogP contribution in [0.25, 0.3) is 0 Å². The van der Waals surface area contributed by atoms with Crippen LogP contribution < -0.4 is 10.2 Å². The van der Waals surface area contributed by atoms with Crippen molar-refractivity contribution in [3.8, 4) is 0 Å². The van der Waals surface area contributed by atoms with Gasteiger partial charge < -0.3 is 10.2 Å². The molecule has 2 nitrogen and oxygen atoms in total. The molecule has 108 valence electrons. The van der Waals surface area contributed by atoms with Gasteiger partial charge in [-0.1, -0.05) is 24.6 Å². The van der Waals surface area contributed by atoms with E-state index in [9.17, 15) is 13.2 Å². The largest absolute Gasteiger partial charge is 0.405 e. The predicted octanol–water partition coefficient (Wildman–Crippen LogP) is 3.84. The van der Waals surface area contributed by atoms with Crippen LogP contribution in [0.15, 0.2) is 18.2 Å². The highest BCUT2D eigenvalue weighted by Gasteiger charge is 2.30. The number of alkyl halides is 3. The first kappa shape index (κ1) is 16.1. The smallest absolute Gasteiger partial charge is 0.365 e. The van der Waals surface area contributed by atoms with Crippen LogP contribution in [0.5, 0.6) is 0 Å². The van der Waals surface area contributed by atoms with Crippen molar-refractivity contribution in [3.05, 3.63) is 28.8 Å². The van der Waals surface area contributed by atoms with Gasteiger partial charge in [-0.05, 0) is 25.1 Å². The molecule has 1 aromatic carbocycles. The zero-order valence-electron chi connectivity index (χ0n) is 11.0. The fourth-order valence-electron chi connectivity index (χ4n) is 1.82. The van der Waals surface area contributed by atoms with Crippen molar-refractivity contribution in [3.63, 3.8) is 0 Å². The van der Waals surface area contributed by atoms with E-state index in [0.717, 1.165) is 13.0 Å². The molecule has 0 amide bonds. The van der Waals surface area contributed by atoms with E-state index in [2.05, 4.69) is 5.32 Å². The van der Waals surface area contributed by atoms with Crippen LogP contribution in [0.4, 0.5) is 18.9 Å². The van der Waals surface area contributed by atoms with Gasteiger partial charge >= 0.3 is 6.18 Å². The number of halogens is 4. The monoisotopic (exact) mass is 294 g/mol. The molecule has 19 heavy (non-hydrogen) atoms. The maximum atomic E-state index is 12.4. The second kappa shape index (κ2) is 7.01. The maximum absolute atomic E-state index is 12.4. The van der Waals surface area contributed by atoms with Gasteiger partial charge in [-0.3, -0.25) is 0 Å². The van der Waals surface area contributed by atoms with Crippen molar-refractivity contribution in [2.24, 2.45) is 0 Å². The molecule has 6 heteroatoms. The van der Waals surface area contributed by atoms with Gasteiger partial charge in [0.15, 0.2) is 0 Å². The third-order valence-corrected chi connectivity index (χ3v) is 3.00. The number of anilines is 1. The van der Waals surface area contributed by atoms with Gasteiger partial charge in [0.1, 0.15) is 6.54 Å². The summed E-state index contributed by atoms with van der Waals surface area (Å²) >= 11 is 6.08. The van der Waals surface area contributed by atoms with E-state index in [1.165, 1.54) is 11.9 Å². The summed E-state index contributed by atoms with van der Waals surface area (Å²) in [6, 6.07) is 5.00. The second-order valence-electron chi connectivity index (χ2n) is 4.39. The molecule has 1 aromatic rings. The molecule has 0 aliphatic carbocycles. The first-order valence-corrected chi connectivity index (χ1v) is 6.49. The number of nitrogens with zero attached hydrogens (tertiary/aromatic N) is 1. The highest BCUT2D eigenvalue weighted by molar-refractivity contribution is 6.31. The number of hydrogen-bond donors (Lipinski definition) is 1. The third kappa shape index (κ3) is 5.28. The molecule has 0 heterocycles. The molecule has 0 aliphatic rings. The molecule has 0 saturated carbocycles. The Morgan fingerprint density at radius 3 is 2.58 bits per heavy atom. The summed E-state index contributed by atoms with van der Waals surface area (Å²) in [6.45, 7) is 2.29. The van der Waals surface area contributed by atoms with E-state index in [0.29, 0.717) is 22.8 Å². The Kier molecular flexibility index (Phi) is 5.94. The van der Waals surface area contributed by atoms with Crippen LogP contribution in [0.3, 0.4) is 0 Å². The molecule has 0 spiro atoms. The molecule has 0 bridgehead atoms. The van der Waals surface area contributed by atoms with Crippen LogP contribution in [-0.2, 0) is 6.54 Å². The molecule has 0 unspecified atom stereocenters. The first-order valence-electron chi connectivity index (χ1n) is 6.11. The molecule has 0 aliphatic heterocycles. The molecule has 0 aromatic heterocycles. The van der Waals surface area contributed by atoms with Crippen molar-refractivity contribution in [1.29, 1.82) is 0 Å². The summed E-state index contributed by atoms with van der Waals surface area (Å²) in [6.07, 6.45) is -3.27. The standard InChI is InChI=1S/C13H18ClF3N2/c1-3-7-18-8-10-11(14)5-4-6-12(10)19(2)9-13(15,16)17/h4-6,18H,3,7-9H2,1-2H3. The SMILES string of the molecule is CCCNCc1c(Cl)cccc1N(C)CC(F)(F)F. The lowest BCUT2D eigenvalue weighted by Crippen LogP contribution is -2.32. The fraction of sp³-hybridized carbons (Fsp3) is 0.538. The molecule has 0 atom stereocenters. The Labute approximate surface area is 116 Å². The van der Waals surface area contributed by atoms with Gasteiger partial charge in [0.25, 0.3) is 0 Å². The number of benzene rings is 1.